The molecule has 1 saturated carbocycles. The van der Waals surface area contributed by atoms with Crippen LogP contribution in [0.25, 0.3) is 0 Å². The Morgan fingerprint density at radius 3 is 2.67 bits per heavy atom. The molecule has 2 heterocycles. The molecule has 1 aliphatic rings. The number of rotatable bonds is 6. The van der Waals surface area contributed by atoms with Gasteiger partial charge in [0.25, 0.3) is 5.91 Å². The van der Waals surface area contributed by atoms with Gasteiger partial charge < -0.3 is 15.5 Å². The predicted octanol–water partition coefficient (Wildman–Crippen LogP) is 4.31. The average molecular weight is 428 g/mol. The maximum Gasteiger partial charge on any atom is 0.253 e. The first kappa shape index (κ1) is 20.2. The minimum Gasteiger partial charge on any atom is -0.363 e. The number of anilines is 2. The summed E-state index contributed by atoms with van der Waals surface area (Å²) < 4.78 is 0.961. The number of halogens is 2. The number of hydrogen-bond acceptors (Lipinski definition) is 6. The highest BCUT2D eigenvalue weighted by atomic mass is 35.5. The van der Waals surface area contributed by atoms with E-state index in [1.165, 1.54) is 11.3 Å². The van der Waals surface area contributed by atoms with E-state index in [1.54, 1.807) is 12.3 Å². The molecule has 0 radical (unpaired) electrons. The monoisotopic (exact) mass is 427 g/mol. The molecule has 0 unspecified atom stereocenters. The molecular weight excluding hydrogens is 405 g/mol. The first-order valence-electron chi connectivity index (χ1n) is 8.92. The minimum absolute atomic E-state index is 0.155. The summed E-state index contributed by atoms with van der Waals surface area (Å²) in [7, 11) is 3.92. The van der Waals surface area contributed by atoms with Gasteiger partial charge in [-0.25, -0.2) is 4.98 Å². The summed E-state index contributed by atoms with van der Waals surface area (Å²) in [5, 5.41) is 6.41. The Labute approximate surface area is 173 Å². The summed E-state index contributed by atoms with van der Waals surface area (Å²) in [5.41, 5.74) is 0.458. The van der Waals surface area contributed by atoms with E-state index < -0.39 is 0 Å². The van der Waals surface area contributed by atoms with Gasteiger partial charge in [0.15, 0.2) is 0 Å². The van der Waals surface area contributed by atoms with Crippen molar-refractivity contribution < 1.29 is 4.79 Å². The van der Waals surface area contributed by atoms with E-state index in [-0.39, 0.29) is 5.91 Å². The molecule has 1 amide bonds. The Morgan fingerprint density at radius 2 is 2.04 bits per heavy atom. The maximum absolute atomic E-state index is 12.2. The van der Waals surface area contributed by atoms with E-state index in [0.717, 1.165) is 31.5 Å². The van der Waals surface area contributed by atoms with E-state index in [9.17, 15) is 4.79 Å². The zero-order valence-electron chi connectivity index (χ0n) is 15.3. The predicted molar refractivity (Wildman–Crippen MR) is 112 cm³/mol. The zero-order chi connectivity index (χ0) is 19.4. The van der Waals surface area contributed by atoms with Crippen LogP contribution in [0.3, 0.4) is 0 Å². The first-order valence-corrected chi connectivity index (χ1v) is 10.5. The lowest BCUT2D eigenvalue weighted by molar-refractivity contribution is 0.0944. The van der Waals surface area contributed by atoms with Gasteiger partial charge in [-0.05, 0) is 43.7 Å². The number of amides is 1. The molecule has 2 aromatic rings. The Kier molecular flexibility index (Phi) is 6.78. The van der Waals surface area contributed by atoms with E-state index in [0.29, 0.717) is 38.7 Å². The molecular formula is C18H23Cl2N5OS. The van der Waals surface area contributed by atoms with Gasteiger partial charge >= 0.3 is 0 Å². The van der Waals surface area contributed by atoms with E-state index in [1.807, 2.05) is 25.1 Å². The van der Waals surface area contributed by atoms with E-state index in [2.05, 4.69) is 20.6 Å². The molecule has 6 nitrogen and oxygen atoms in total. The minimum atomic E-state index is -0.155. The number of nitrogens with one attached hydrogen (secondary N) is 2. The summed E-state index contributed by atoms with van der Waals surface area (Å²) in [6.45, 7) is 0.655. The number of carbonyl (C=O) groups excluding carboxylic acids is 1. The largest absolute Gasteiger partial charge is 0.363 e. The molecule has 0 aromatic carbocycles. The van der Waals surface area contributed by atoms with Crippen molar-refractivity contribution in [2.45, 2.75) is 31.7 Å². The van der Waals surface area contributed by atoms with Crippen molar-refractivity contribution >= 4 is 52.2 Å². The van der Waals surface area contributed by atoms with Crippen molar-refractivity contribution in [3.63, 3.8) is 0 Å². The highest BCUT2D eigenvalue weighted by Crippen LogP contribution is 2.31. The first-order chi connectivity index (χ1) is 12.9. The van der Waals surface area contributed by atoms with Gasteiger partial charge in [-0.2, -0.15) is 4.98 Å². The van der Waals surface area contributed by atoms with Crippen LogP contribution in [-0.4, -0.2) is 42.6 Å². The molecule has 0 atom stereocenters. The normalized spacial score (nSPS) is 19.6. The molecule has 27 heavy (non-hydrogen) atoms. The second kappa shape index (κ2) is 9.08. The number of hydrogen-bond donors (Lipinski definition) is 2. The Hall–Kier alpha value is -1.57. The SMILES string of the molecule is CN(C)c1ccnc(NC2CCC(CNC(=O)c3cc(Cl)sc3Cl)CC2)n1. The second-order valence-electron chi connectivity index (χ2n) is 6.94. The van der Waals surface area contributed by atoms with Crippen LogP contribution in [0.4, 0.5) is 11.8 Å². The van der Waals surface area contributed by atoms with Gasteiger partial charge in [0.2, 0.25) is 5.95 Å². The number of nitrogens with zero attached hydrogens (tertiary/aromatic N) is 3. The summed E-state index contributed by atoms with van der Waals surface area (Å²) in [5.74, 6) is 1.87. The molecule has 1 fully saturated rings. The molecule has 0 aliphatic heterocycles. The van der Waals surface area contributed by atoms with E-state index in [4.69, 9.17) is 23.2 Å². The van der Waals surface area contributed by atoms with Crippen LogP contribution >= 0.6 is 34.5 Å². The van der Waals surface area contributed by atoms with Gasteiger partial charge in [-0.1, -0.05) is 23.2 Å². The van der Waals surface area contributed by atoms with E-state index >= 15 is 0 Å². The highest BCUT2D eigenvalue weighted by molar-refractivity contribution is 7.20. The Morgan fingerprint density at radius 1 is 1.30 bits per heavy atom. The zero-order valence-corrected chi connectivity index (χ0v) is 17.7. The Balaban J connectivity index is 1.44. The summed E-state index contributed by atoms with van der Waals surface area (Å²) >= 11 is 13.2. The van der Waals surface area contributed by atoms with Crippen LogP contribution in [0.1, 0.15) is 36.0 Å². The molecule has 0 saturated heterocycles. The fraction of sp³-hybridized carbons (Fsp3) is 0.500. The molecule has 146 valence electrons. The molecule has 2 N–H and O–H groups in total. The van der Waals surface area contributed by atoms with Crippen molar-refractivity contribution in [3.8, 4) is 0 Å². The van der Waals surface area contributed by atoms with Crippen molar-refractivity contribution in [2.24, 2.45) is 5.92 Å². The number of carbonyl (C=O) groups is 1. The lowest BCUT2D eigenvalue weighted by Crippen LogP contribution is -2.34. The van der Waals surface area contributed by atoms with Crippen LogP contribution < -0.4 is 15.5 Å². The highest BCUT2D eigenvalue weighted by Gasteiger charge is 2.23. The fourth-order valence-electron chi connectivity index (χ4n) is 3.19. The van der Waals surface area contributed by atoms with Crippen LogP contribution in [0.5, 0.6) is 0 Å². The number of thiophene rings is 1. The quantitative estimate of drug-likeness (QED) is 0.718. The molecule has 3 rings (SSSR count). The number of aromatic nitrogens is 2. The topological polar surface area (TPSA) is 70.2 Å². The standard InChI is InChI=1S/C18H23Cl2N5OS/c1-25(2)15-7-8-21-18(24-15)23-12-5-3-11(4-6-12)10-22-17(26)13-9-14(19)27-16(13)20/h7-9,11-12H,3-6,10H2,1-2H3,(H,22,26)(H,21,23,24). The Bertz CT molecular complexity index is 790. The van der Waals surface area contributed by atoms with Crippen molar-refractivity contribution in [2.75, 3.05) is 30.9 Å². The summed E-state index contributed by atoms with van der Waals surface area (Å²) in [6.07, 6.45) is 5.92. The van der Waals surface area contributed by atoms with Crippen LogP contribution in [0.15, 0.2) is 18.3 Å². The van der Waals surface area contributed by atoms with Crippen molar-refractivity contribution in [1.29, 1.82) is 0 Å². The molecule has 1 aliphatic carbocycles. The van der Waals surface area contributed by atoms with Crippen molar-refractivity contribution in [1.82, 2.24) is 15.3 Å². The lowest BCUT2D eigenvalue weighted by Gasteiger charge is -2.29. The molecule has 2 aromatic heterocycles. The van der Waals surface area contributed by atoms with Crippen LogP contribution in [-0.2, 0) is 0 Å². The third-order valence-electron chi connectivity index (χ3n) is 4.73. The van der Waals surface area contributed by atoms with Crippen LogP contribution in [0.2, 0.25) is 8.67 Å². The maximum atomic E-state index is 12.2. The fourth-order valence-corrected chi connectivity index (χ4v) is 4.65. The molecule has 0 spiro atoms. The lowest BCUT2D eigenvalue weighted by atomic mass is 9.86. The summed E-state index contributed by atoms with van der Waals surface area (Å²) in [6, 6.07) is 3.86. The van der Waals surface area contributed by atoms with Crippen molar-refractivity contribution in [3.05, 3.63) is 32.6 Å². The second-order valence-corrected chi connectivity index (χ2v) is 9.23. The summed E-state index contributed by atoms with van der Waals surface area (Å²) in [4.78, 5) is 23.0. The van der Waals surface area contributed by atoms with Gasteiger partial charge in [-0.3, -0.25) is 4.79 Å². The third-order valence-corrected chi connectivity index (χ3v) is 6.22. The smallest absolute Gasteiger partial charge is 0.253 e. The third kappa shape index (κ3) is 5.46. The van der Waals surface area contributed by atoms with Crippen LogP contribution in [0, 0.1) is 5.92 Å². The van der Waals surface area contributed by atoms with Gasteiger partial charge in [0.05, 0.1) is 9.90 Å². The van der Waals surface area contributed by atoms with Gasteiger partial charge in [0.1, 0.15) is 10.2 Å². The average Bonchev–Trinajstić information content (AvgIpc) is 2.99. The van der Waals surface area contributed by atoms with Gasteiger partial charge in [-0.15, -0.1) is 11.3 Å². The molecule has 9 heteroatoms. The van der Waals surface area contributed by atoms with Gasteiger partial charge in [0, 0.05) is 32.9 Å². The molecule has 0 bridgehead atoms.